The molecule has 0 atom stereocenters. The van der Waals surface area contributed by atoms with Gasteiger partial charge in [-0.05, 0) is 86.0 Å². The lowest BCUT2D eigenvalue weighted by molar-refractivity contribution is 0.378. The molecule has 0 bridgehead atoms. The number of fused-ring (bicyclic) bond motifs is 11. The summed E-state index contributed by atoms with van der Waals surface area (Å²) in [5.41, 5.74) is 17.8. The first-order valence-corrected chi connectivity index (χ1v) is 19.3. The smallest absolute Gasteiger partial charge is 0.155 e. The molecule has 55 heavy (non-hydrogen) atoms. The van der Waals surface area contributed by atoms with Gasteiger partial charge in [-0.25, -0.2) is 0 Å². The van der Waals surface area contributed by atoms with Gasteiger partial charge < -0.3 is 9.64 Å². The highest BCUT2D eigenvalue weighted by Gasteiger charge is 2.52. The molecular weight excluding hydrogens is 667 g/mol. The first-order valence-electron chi connectivity index (χ1n) is 19.3. The molecule has 262 valence electrons. The van der Waals surface area contributed by atoms with Gasteiger partial charge >= 0.3 is 0 Å². The summed E-state index contributed by atoms with van der Waals surface area (Å²) in [6.45, 7) is 4.71. The van der Waals surface area contributed by atoms with E-state index in [9.17, 15) is 0 Å². The van der Waals surface area contributed by atoms with Crippen LogP contribution < -0.4 is 9.64 Å². The van der Waals surface area contributed by atoms with Gasteiger partial charge in [0.05, 0.1) is 11.1 Å². The lowest BCUT2D eigenvalue weighted by atomic mass is 9.65. The van der Waals surface area contributed by atoms with Crippen molar-refractivity contribution in [1.82, 2.24) is 0 Å². The van der Waals surface area contributed by atoms with E-state index >= 15 is 0 Å². The molecule has 0 saturated carbocycles. The minimum absolute atomic E-state index is 0.141. The van der Waals surface area contributed by atoms with Gasteiger partial charge in [0.2, 0.25) is 0 Å². The summed E-state index contributed by atoms with van der Waals surface area (Å²) in [5.74, 6) is 1.88. The second kappa shape index (κ2) is 11.9. The normalized spacial score (nSPS) is 16.0. The Morgan fingerprint density at radius 3 is 1.80 bits per heavy atom. The minimum atomic E-state index is -0.543. The van der Waals surface area contributed by atoms with Crippen molar-refractivity contribution in [3.63, 3.8) is 0 Å². The van der Waals surface area contributed by atoms with Crippen molar-refractivity contribution in [2.24, 2.45) is 0 Å². The fourth-order valence-electron chi connectivity index (χ4n) is 9.92. The van der Waals surface area contributed by atoms with Crippen molar-refractivity contribution in [1.29, 1.82) is 0 Å². The maximum absolute atomic E-state index is 7.30. The van der Waals surface area contributed by atoms with E-state index in [1.54, 1.807) is 0 Å². The number of rotatable bonds is 4. The molecule has 3 aliphatic carbocycles. The van der Waals surface area contributed by atoms with Crippen LogP contribution in [0.4, 0.5) is 17.1 Å². The van der Waals surface area contributed by atoms with Crippen LogP contribution in [-0.2, 0) is 10.8 Å². The van der Waals surface area contributed by atoms with Gasteiger partial charge in [0.15, 0.2) is 5.75 Å². The molecule has 0 aromatic heterocycles. The minimum Gasteiger partial charge on any atom is -0.458 e. The summed E-state index contributed by atoms with van der Waals surface area (Å²) in [5, 5.41) is 0. The molecule has 0 radical (unpaired) electrons. The van der Waals surface area contributed by atoms with E-state index in [1.165, 1.54) is 61.2 Å². The molecule has 7 aromatic rings. The third-order valence-corrected chi connectivity index (χ3v) is 12.4. The van der Waals surface area contributed by atoms with Crippen LogP contribution in [0.3, 0.4) is 0 Å². The van der Waals surface area contributed by atoms with E-state index in [-0.39, 0.29) is 5.41 Å². The van der Waals surface area contributed by atoms with Gasteiger partial charge in [-0.1, -0.05) is 172 Å². The van der Waals surface area contributed by atoms with Gasteiger partial charge in [0.1, 0.15) is 5.76 Å². The molecule has 1 spiro atoms. The first-order chi connectivity index (χ1) is 27.0. The monoisotopic (exact) mass is 705 g/mol. The fraction of sp³-hybridized carbons (Fsp3) is 0.0943. The molecule has 1 heterocycles. The van der Waals surface area contributed by atoms with Crippen molar-refractivity contribution < 1.29 is 4.74 Å². The predicted octanol–water partition coefficient (Wildman–Crippen LogP) is 13.6. The molecule has 11 rings (SSSR count). The molecule has 7 aromatic carbocycles. The average molecular weight is 706 g/mol. The number of allylic oxidation sites excluding steroid dienone is 5. The van der Waals surface area contributed by atoms with Crippen LogP contribution in [0.2, 0.25) is 0 Å². The molecule has 0 saturated heterocycles. The summed E-state index contributed by atoms with van der Waals surface area (Å²) < 4.78 is 7.30. The zero-order valence-corrected chi connectivity index (χ0v) is 31.0. The second-order valence-electron chi connectivity index (χ2n) is 15.6. The number of ether oxygens (including phenoxy) is 1. The number of benzene rings is 7. The molecule has 0 N–H and O–H groups in total. The molecule has 2 heteroatoms. The van der Waals surface area contributed by atoms with E-state index in [0.29, 0.717) is 6.42 Å². The highest BCUT2D eigenvalue weighted by molar-refractivity contribution is 5.92. The molecule has 2 nitrogen and oxygen atoms in total. The van der Waals surface area contributed by atoms with Crippen LogP contribution in [0.5, 0.6) is 5.75 Å². The summed E-state index contributed by atoms with van der Waals surface area (Å²) >= 11 is 0. The van der Waals surface area contributed by atoms with Gasteiger partial charge in [-0.15, -0.1) is 0 Å². The van der Waals surface area contributed by atoms with Gasteiger partial charge in [0, 0.05) is 34.3 Å². The maximum Gasteiger partial charge on any atom is 0.155 e. The topological polar surface area (TPSA) is 12.5 Å². The van der Waals surface area contributed by atoms with E-state index in [1.807, 2.05) is 0 Å². The highest BCUT2D eigenvalue weighted by atomic mass is 16.5. The number of nitrogens with zero attached hydrogens (tertiary/aromatic N) is 1. The Morgan fingerprint density at radius 1 is 0.491 bits per heavy atom. The Bertz CT molecular complexity index is 2740. The van der Waals surface area contributed by atoms with Gasteiger partial charge in [0.25, 0.3) is 0 Å². The fourth-order valence-corrected chi connectivity index (χ4v) is 9.92. The summed E-state index contributed by atoms with van der Waals surface area (Å²) in [4.78, 5) is 2.42. The molecular formula is C53H39NO. The third kappa shape index (κ3) is 4.49. The third-order valence-electron chi connectivity index (χ3n) is 12.4. The summed E-state index contributed by atoms with van der Waals surface area (Å²) in [6.07, 6.45) is 9.54. The standard InChI is InChI=1S/C53H39NO/c1-52(2)43-21-12-9-18-39(43)42-33-32-38(34-48(42)52)54(37-30-28-36(29-31-37)35-16-5-3-6-17-35)49-26-15-25-47-51(49)55-50-27-8-4-7-24-46(50)53(47)44-22-13-10-19-40(44)41-20-11-14-23-45(41)53/h3-26,28-34H,27H2,1-2H3. The zero-order chi connectivity index (χ0) is 36.7. The average Bonchev–Trinajstić information content (AvgIpc) is 3.49. The highest BCUT2D eigenvalue weighted by Crippen LogP contribution is 2.63. The number of hydrogen-bond acceptors (Lipinski definition) is 2. The van der Waals surface area contributed by atoms with E-state index in [2.05, 4.69) is 207 Å². The summed E-state index contributed by atoms with van der Waals surface area (Å²) in [7, 11) is 0. The first kappa shape index (κ1) is 31.8. The van der Waals surface area contributed by atoms with Crippen molar-refractivity contribution in [2.45, 2.75) is 31.1 Å². The van der Waals surface area contributed by atoms with Crippen LogP contribution in [0.1, 0.15) is 48.1 Å². The van der Waals surface area contributed by atoms with Crippen LogP contribution in [-0.4, -0.2) is 0 Å². The zero-order valence-electron chi connectivity index (χ0n) is 31.0. The Hall–Kier alpha value is -6.64. The quantitative estimate of drug-likeness (QED) is 0.181. The molecule has 0 fully saturated rings. The lowest BCUT2D eigenvalue weighted by Crippen LogP contribution is -2.34. The SMILES string of the molecule is CC1(C)c2ccccc2-c2ccc(N(c3ccc(-c4ccccc4)cc3)c3cccc4c3OC3=C(C=CC=CC3)C43c4ccccc4-c4ccccc43)cc21. The Morgan fingerprint density at radius 2 is 1.07 bits per heavy atom. The predicted molar refractivity (Wildman–Crippen MR) is 226 cm³/mol. The second-order valence-corrected chi connectivity index (χ2v) is 15.6. The number of para-hydroxylation sites is 1. The number of anilines is 3. The maximum atomic E-state index is 7.30. The lowest BCUT2D eigenvalue weighted by Gasteiger charge is -2.41. The molecule has 1 aliphatic heterocycles. The number of hydrogen-bond donors (Lipinski definition) is 0. The summed E-state index contributed by atoms with van der Waals surface area (Å²) in [6, 6.07) is 60.2. The van der Waals surface area contributed by atoms with Crippen molar-refractivity contribution in [3.05, 3.63) is 227 Å². The Balaban J connectivity index is 1.18. The largest absolute Gasteiger partial charge is 0.458 e. The Kier molecular flexibility index (Phi) is 6.91. The Labute approximate surface area is 323 Å². The van der Waals surface area contributed by atoms with Gasteiger partial charge in [-0.3, -0.25) is 0 Å². The van der Waals surface area contributed by atoms with Crippen LogP contribution in [0.25, 0.3) is 33.4 Å². The van der Waals surface area contributed by atoms with E-state index < -0.39 is 5.41 Å². The van der Waals surface area contributed by atoms with Gasteiger partial charge in [-0.2, -0.15) is 0 Å². The van der Waals surface area contributed by atoms with Crippen molar-refractivity contribution in [2.75, 3.05) is 4.90 Å². The van der Waals surface area contributed by atoms with E-state index in [0.717, 1.165) is 34.1 Å². The van der Waals surface area contributed by atoms with Crippen LogP contribution in [0, 0.1) is 0 Å². The van der Waals surface area contributed by atoms with Crippen LogP contribution in [0.15, 0.2) is 199 Å². The van der Waals surface area contributed by atoms with Crippen molar-refractivity contribution >= 4 is 17.1 Å². The molecule has 0 unspecified atom stereocenters. The van der Waals surface area contributed by atoms with E-state index in [4.69, 9.17) is 4.74 Å². The van der Waals surface area contributed by atoms with Crippen LogP contribution >= 0.6 is 0 Å². The van der Waals surface area contributed by atoms with Crippen molar-refractivity contribution in [3.8, 4) is 39.1 Å². The molecule has 0 amide bonds. The molecule has 4 aliphatic rings.